The zero-order valence-electron chi connectivity index (χ0n) is 12.5. The van der Waals surface area contributed by atoms with Crippen molar-refractivity contribution in [2.24, 2.45) is 11.8 Å². The second-order valence-electron chi connectivity index (χ2n) is 5.41. The Kier molecular flexibility index (Phi) is 6.09. The van der Waals surface area contributed by atoms with Gasteiger partial charge in [0.15, 0.2) is 23.3 Å². The van der Waals surface area contributed by atoms with Gasteiger partial charge in [-0.25, -0.2) is 19.6 Å². The maximum absolute atomic E-state index is 14.0. The molecule has 20 heavy (non-hydrogen) atoms. The number of aromatic nitrogens is 1. The van der Waals surface area contributed by atoms with Crippen molar-refractivity contribution in [2.75, 3.05) is 44.1 Å². The smallest absolute Gasteiger partial charge is 0.178 e. The molecule has 0 radical (unpaired) electrons. The highest BCUT2D eigenvalue weighted by Gasteiger charge is 2.18. The summed E-state index contributed by atoms with van der Waals surface area (Å²) in [5.41, 5.74) is 2.15. The van der Waals surface area contributed by atoms with E-state index in [2.05, 4.69) is 10.4 Å². The normalized spacial score (nSPS) is 11.2. The van der Waals surface area contributed by atoms with E-state index in [1.165, 1.54) is 0 Å². The van der Waals surface area contributed by atoms with Crippen molar-refractivity contribution in [3.8, 4) is 0 Å². The van der Waals surface area contributed by atoms with Crippen LogP contribution in [-0.2, 0) is 0 Å². The van der Waals surface area contributed by atoms with Crippen LogP contribution in [0.5, 0.6) is 0 Å². The van der Waals surface area contributed by atoms with Crippen LogP contribution in [0.1, 0.15) is 13.8 Å². The Morgan fingerprint density at radius 1 is 1.25 bits per heavy atom. The second-order valence-corrected chi connectivity index (χ2v) is 5.41. The first-order valence-corrected chi connectivity index (χ1v) is 6.57. The molecule has 0 aromatic carbocycles. The van der Waals surface area contributed by atoms with Gasteiger partial charge >= 0.3 is 0 Å². The van der Waals surface area contributed by atoms with Gasteiger partial charge < -0.3 is 15.2 Å². The summed E-state index contributed by atoms with van der Waals surface area (Å²) in [7, 11) is 3.88. The molecule has 1 aromatic heterocycles. The van der Waals surface area contributed by atoms with E-state index in [-0.39, 0.29) is 11.6 Å². The lowest BCUT2D eigenvalue weighted by molar-refractivity contribution is 0.406. The Morgan fingerprint density at radius 3 is 2.40 bits per heavy atom. The van der Waals surface area contributed by atoms with Crippen LogP contribution in [0, 0.1) is 17.6 Å². The predicted molar refractivity (Wildman–Crippen MR) is 77.6 cm³/mol. The number of rotatable bonds is 7. The van der Waals surface area contributed by atoms with Crippen molar-refractivity contribution >= 4 is 11.6 Å². The Labute approximate surface area is 118 Å². The molecule has 0 saturated heterocycles. The van der Waals surface area contributed by atoms with Crippen LogP contribution in [0.3, 0.4) is 0 Å². The number of nitrogen functional groups attached to an aromatic ring is 1. The van der Waals surface area contributed by atoms with Gasteiger partial charge in [0, 0.05) is 25.7 Å². The van der Waals surface area contributed by atoms with Gasteiger partial charge in [0.1, 0.15) is 0 Å². The number of nitrogens with zero attached hydrogens (tertiary/aromatic N) is 3. The van der Waals surface area contributed by atoms with E-state index in [9.17, 15) is 8.78 Å². The third-order valence-electron chi connectivity index (χ3n) is 2.75. The van der Waals surface area contributed by atoms with E-state index in [0.717, 1.165) is 12.6 Å². The first kappa shape index (κ1) is 16.6. The molecule has 0 spiro atoms. The minimum Gasteiger partial charge on any atom is -0.353 e. The molecule has 0 saturated carbocycles. The molecule has 0 bridgehead atoms. The van der Waals surface area contributed by atoms with Gasteiger partial charge in [-0.3, -0.25) is 0 Å². The average molecular weight is 287 g/mol. The minimum atomic E-state index is -0.800. The lowest BCUT2D eigenvalue weighted by Gasteiger charge is -2.27. The van der Waals surface area contributed by atoms with Crippen molar-refractivity contribution in [3.05, 3.63) is 17.7 Å². The van der Waals surface area contributed by atoms with Crippen molar-refractivity contribution in [3.63, 3.8) is 0 Å². The summed E-state index contributed by atoms with van der Waals surface area (Å²) in [5.74, 6) is 4.01. The van der Waals surface area contributed by atoms with Gasteiger partial charge in [0.05, 0.1) is 0 Å². The molecule has 1 aromatic rings. The SMILES string of the molecule is CC(C)CN(CCN(C)C)c1nc(NN)c(F)cc1F. The molecule has 5 nitrogen and oxygen atoms in total. The summed E-state index contributed by atoms with van der Waals surface area (Å²) >= 11 is 0. The van der Waals surface area contributed by atoms with E-state index in [4.69, 9.17) is 5.84 Å². The molecule has 0 amide bonds. The summed E-state index contributed by atoms with van der Waals surface area (Å²) in [6.45, 7) is 6.05. The Bertz CT molecular complexity index is 437. The summed E-state index contributed by atoms with van der Waals surface area (Å²) in [6, 6.07) is 0.806. The van der Waals surface area contributed by atoms with Crippen LogP contribution in [0.2, 0.25) is 0 Å². The summed E-state index contributed by atoms with van der Waals surface area (Å²) in [6.07, 6.45) is 0. The maximum Gasteiger partial charge on any atom is 0.178 e. The van der Waals surface area contributed by atoms with Crippen LogP contribution in [0.4, 0.5) is 20.4 Å². The van der Waals surface area contributed by atoms with Gasteiger partial charge in [0.2, 0.25) is 0 Å². The molecule has 0 fully saturated rings. The number of nitrogens with one attached hydrogen (secondary N) is 1. The van der Waals surface area contributed by atoms with E-state index < -0.39 is 11.6 Å². The molecule has 3 N–H and O–H groups in total. The third-order valence-corrected chi connectivity index (χ3v) is 2.75. The van der Waals surface area contributed by atoms with Crippen LogP contribution < -0.4 is 16.2 Å². The summed E-state index contributed by atoms with van der Waals surface area (Å²) in [5, 5.41) is 0. The zero-order valence-corrected chi connectivity index (χ0v) is 12.5. The number of anilines is 2. The highest BCUT2D eigenvalue weighted by Crippen LogP contribution is 2.22. The highest BCUT2D eigenvalue weighted by molar-refractivity contribution is 5.48. The highest BCUT2D eigenvalue weighted by atomic mass is 19.1. The zero-order chi connectivity index (χ0) is 15.3. The molecule has 0 unspecified atom stereocenters. The minimum absolute atomic E-state index is 0.120. The molecule has 7 heteroatoms. The molecular formula is C13H23F2N5. The molecule has 0 aliphatic heterocycles. The fourth-order valence-electron chi connectivity index (χ4n) is 1.82. The fraction of sp³-hybridized carbons (Fsp3) is 0.615. The molecule has 0 atom stereocenters. The molecule has 0 aliphatic rings. The van der Waals surface area contributed by atoms with Crippen molar-refractivity contribution in [1.29, 1.82) is 0 Å². The van der Waals surface area contributed by atoms with Crippen molar-refractivity contribution < 1.29 is 8.78 Å². The second kappa shape index (κ2) is 7.35. The Morgan fingerprint density at radius 2 is 1.90 bits per heavy atom. The standard InChI is InChI=1S/C13H23F2N5/c1-9(2)8-20(6-5-19(3)4)13-11(15)7-10(14)12(17-13)18-16/h7,9H,5-6,8,16H2,1-4H3,(H,17,18). The van der Waals surface area contributed by atoms with Crippen molar-refractivity contribution in [2.45, 2.75) is 13.8 Å². The molecular weight excluding hydrogens is 264 g/mol. The number of hydrazine groups is 1. The summed E-state index contributed by atoms with van der Waals surface area (Å²) < 4.78 is 27.4. The first-order chi connectivity index (χ1) is 9.35. The first-order valence-electron chi connectivity index (χ1n) is 6.57. The number of hydrogen-bond donors (Lipinski definition) is 2. The predicted octanol–water partition coefficient (Wildman–Crippen LogP) is 1.67. The molecule has 114 valence electrons. The van der Waals surface area contributed by atoms with E-state index in [1.54, 1.807) is 4.90 Å². The van der Waals surface area contributed by atoms with Gasteiger partial charge in [-0.15, -0.1) is 0 Å². The van der Waals surface area contributed by atoms with Crippen molar-refractivity contribution in [1.82, 2.24) is 9.88 Å². The van der Waals surface area contributed by atoms with Crippen LogP contribution >= 0.6 is 0 Å². The summed E-state index contributed by atoms with van der Waals surface area (Å²) in [4.78, 5) is 7.75. The lowest BCUT2D eigenvalue weighted by Crippen LogP contribution is -2.35. The number of likely N-dealkylation sites (N-methyl/N-ethyl adjacent to an activating group) is 1. The monoisotopic (exact) mass is 287 g/mol. The van der Waals surface area contributed by atoms with E-state index in [1.807, 2.05) is 32.8 Å². The fourth-order valence-corrected chi connectivity index (χ4v) is 1.82. The Hall–Kier alpha value is -1.47. The Balaban J connectivity index is 3.05. The molecule has 1 rings (SSSR count). The topological polar surface area (TPSA) is 57.4 Å². The van der Waals surface area contributed by atoms with Gasteiger partial charge in [-0.2, -0.15) is 0 Å². The van der Waals surface area contributed by atoms with E-state index >= 15 is 0 Å². The van der Waals surface area contributed by atoms with Gasteiger partial charge in [0.25, 0.3) is 0 Å². The molecule has 1 heterocycles. The largest absolute Gasteiger partial charge is 0.353 e. The number of pyridine rings is 1. The third kappa shape index (κ3) is 4.57. The number of nitrogens with two attached hydrogens (primary N) is 1. The van der Waals surface area contributed by atoms with E-state index in [0.29, 0.717) is 19.0 Å². The van der Waals surface area contributed by atoms with Crippen LogP contribution in [0.25, 0.3) is 0 Å². The average Bonchev–Trinajstić information content (AvgIpc) is 2.34. The number of hydrogen-bond acceptors (Lipinski definition) is 5. The lowest BCUT2D eigenvalue weighted by atomic mass is 10.2. The number of halogens is 2. The quantitative estimate of drug-likeness (QED) is 0.590. The van der Waals surface area contributed by atoms with Crippen LogP contribution in [0.15, 0.2) is 6.07 Å². The van der Waals surface area contributed by atoms with Crippen LogP contribution in [-0.4, -0.2) is 43.6 Å². The van der Waals surface area contributed by atoms with Gasteiger partial charge in [-0.1, -0.05) is 13.8 Å². The maximum atomic E-state index is 14.0. The van der Waals surface area contributed by atoms with Gasteiger partial charge in [-0.05, 0) is 20.0 Å². The molecule has 0 aliphatic carbocycles.